The van der Waals surface area contributed by atoms with Crippen molar-refractivity contribution in [2.24, 2.45) is 0 Å². The monoisotopic (exact) mass is 420 g/mol. The number of methoxy groups -OCH3 is 1. The molecule has 7 nitrogen and oxygen atoms in total. The molecule has 2 N–H and O–H groups in total. The molecule has 0 radical (unpaired) electrons. The van der Waals surface area contributed by atoms with Crippen molar-refractivity contribution >= 4 is 28.7 Å². The summed E-state index contributed by atoms with van der Waals surface area (Å²) in [6, 6.07) is 14.7. The zero-order chi connectivity index (χ0) is 21.4. The molecule has 2 fully saturated rings. The van der Waals surface area contributed by atoms with Crippen molar-refractivity contribution in [3.8, 4) is 5.75 Å². The number of carbonyl (C=O) groups is 1. The van der Waals surface area contributed by atoms with E-state index in [0.29, 0.717) is 34.8 Å². The highest BCUT2D eigenvalue weighted by Crippen LogP contribution is 2.33. The molecule has 1 amide bonds. The van der Waals surface area contributed by atoms with E-state index >= 15 is 0 Å². The number of aromatic nitrogens is 1. The number of para-hydroxylation sites is 1. The van der Waals surface area contributed by atoms with Gasteiger partial charge in [-0.25, -0.2) is 0 Å². The van der Waals surface area contributed by atoms with Gasteiger partial charge >= 0.3 is 0 Å². The molecule has 5 rings (SSSR count). The van der Waals surface area contributed by atoms with Crippen molar-refractivity contribution < 1.29 is 13.9 Å². The first-order chi connectivity index (χ1) is 15.1. The van der Waals surface area contributed by atoms with E-state index in [1.54, 1.807) is 7.11 Å². The van der Waals surface area contributed by atoms with Gasteiger partial charge in [0.05, 0.1) is 12.7 Å². The van der Waals surface area contributed by atoms with Crippen LogP contribution in [0.4, 0.5) is 11.7 Å². The van der Waals surface area contributed by atoms with Gasteiger partial charge in [0.25, 0.3) is 11.9 Å². The number of piperidine rings is 2. The van der Waals surface area contributed by atoms with E-state index in [4.69, 9.17) is 9.15 Å². The highest BCUT2D eigenvalue weighted by molar-refractivity contribution is 6.04. The first-order valence-corrected chi connectivity index (χ1v) is 10.9. The van der Waals surface area contributed by atoms with E-state index in [1.807, 2.05) is 42.5 Å². The zero-order valence-corrected chi connectivity index (χ0v) is 17.9. The van der Waals surface area contributed by atoms with Gasteiger partial charge in [0, 0.05) is 23.8 Å². The molecule has 1 aromatic heterocycles. The minimum Gasteiger partial charge on any atom is -0.497 e. The summed E-state index contributed by atoms with van der Waals surface area (Å²) in [7, 11) is 3.85. The maximum atomic E-state index is 13.1. The molecule has 2 aromatic carbocycles. The minimum atomic E-state index is -0.0810. The molecule has 7 heteroatoms. The lowest BCUT2D eigenvalue weighted by Gasteiger charge is -2.47. The number of carbonyl (C=O) groups excluding carboxylic acids is 1. The van der Waals surface area contributed by atoms with Crippen LogP contribution in [0.1, 0.15) is 42.5 Å². The number of oxazole rings is 1. The molecule has 31 heavy (non-hydrogen) atoms. The van der Waals surface area contributed by atoms with Crippen molar-refractivity contribution in [1.29, 1.82) is 0 Å². The highest BCUT2D eigenvalue weighted by Gasteiger charge is 2.36. The fraction of sp³-hybridized carbons (Fsp3) is 0.417. The van der Waals surface area contributed by atoms with Crippen LogP contribution >= 0.6 is 0 Å². The molecule has 2 saturated heterocycles. The number of benzene rings is 2. The minimum absolute atomic E-state index is 0.0810. The van der Waals surface area contributed by atoms with Gasteiger partial charge in [0.1, 0.15) is 11.3 Å². The van der Waals surface area contributed by atoms with Gasteiger partial charge in [-0.2, -0.15) is 4.98 Å². The van der Waals surface area contributed by atoms with Crippen LogP contribution in [-0.2, 0) is 0 Å². The second kappa shape index (κ2) is 8.23. The summed E-state index contributed by atoms with van der Waals surface area (Å²) in [5, 5.41) is 6.42. The summed E-state index contributed by atoms with van der Waals surface area (Å²) in [4.78, 5) is 20.2. The van der Waals surface area contributed by atoms with E-state index in [9.17, 15) is 4.79 Å². The maximum Gasteiger partial charge on any atom is 0.300 e. The summed E-state index contributed by atoms with van der Waals surface area (Å²) >= 11 is 0. The van der Waals surface area contributed by atoms with Crippen LogP contribution in [0, 0.1) is 0 Å². The molecular weight excluding hydrogens is 392 g/mol. The number of nitrogens with one attached hydrogen (secondary N) is 2. The van der Waals surface area contributed by atoms with E-state index in [2.05, 4.69) is 27.6 Å². The third kappa shape index (κ3) is 3.97. The number of amides is 1. The van der Waals surface area contributed by atoms with Crippen molar-refractivity contribution in [1.82, 2.24) is 15.2 Å². The molecule has 0 spiro atoms. The molecule has 2 aliphatic rings. The number of hydrogen-bond donors (Lipinski definition) is 2. The summed E-state index contributed by atoms with van der Waals surface area (Å²) in [5.41, 5.74) is 2.54. The topological polar surface area (TPSA) is 79.6 Å². The lowest BCUT2D eigenvalue weighted by atomic mass is 9.82. The van der Waals surface area contributed by atoms with Crippen molar-refractivity contribution in [3.05, 3.63) is 48.0 Å². The molecular formula is C24H28N4O3. The Morgan fingerprint density at radius 2 is 1.87 bits per heavy atom. The maximum absolute atomic E-state index is 13.1. The summed E-state index contributed by atoms with van der Waals surface area (Å²) in [5.74, 6) is 0.697. The van der Waals surface area contributed by atoms with Gasteiger partial charge in [0.15, 0.2) is 5.58 Å². The molecule has 0 aliphatic carbocycles. The molecule has 3 heterocycles. The average molecular weight is 421 g/mol. The first kappa shape index (κ1) is 19.9. The number of anilines is 2. The molecule has 3 aromatic rings. The third-order valence-electron chi connectivity index (χ3n) is 6.68. The van der Waals surface area contributed by atoms with E-state index in [-0.39, 0.29) is 11.9 Å². The summed E-state index contributed by atoms with van der Waals surface area (Å²) in [6.45, 7) is 0. The second-order valence-corrected chi connectivity index (χ2v) is 8.57. The van der Waals surface area contributed by atoms with Crippen LogP contribution < -0.4 is 15.4 Å². The Morgan fingerprint density at radius 3 is 2.58 bits per heavy atom. The van der Waals surface area contributed by atoms with Crippen LogP contribution in [0.3, 0.4) is 0 Å². The van der Waals surface area contributed by atoms with E-state index in [0.717, 1.165) is 24.3 Å². The van der Waals surface area contributed by atoms with Gasteiger partial charge < -0.3 is 24.7 Å². The van der Waals surface area contributed by atoms with Crippen molar-refractivity contribution in [2.75, 3.05) is 19.5 Å². The van der Waals surface area contributed by atoms with Crippen molar-refractivity contribution in [2.45, 2.75) is 50.2 Å². The van der Waals surface area contributed by atoms with Crippen molar-refractivity contribution in [3.63, 3.8) is 0 Å². The Labute approximate surface area is 181 Å². The van der Waals surface area contributed by atoms with Gasteiger partial charge in [-0.15, -0.1) is 0 Å². The second-order valence-electron chi connectivity index (χ2n) is 8.57. The smallest absolute Gasteiger partial charge is 0.300 e. The summed E-state index contributed by atoms with van der Waals surface area (Å²) in [6.07, 6.45) is 5.76. The number of hydrogen-bond acceptors (Lipinski definition) is 6. The Kier molecular flexibility index (Phi) is 5.28. The number of nitrogens with zero attached hydrogens (tertiary/aromatic N) is 2. The van der Waals surface area contributed by atoms with E-state index in [1.165, 1.54) is 19.3 Å². The Balaban J connectivity index is 1.33. The highest BCUT2D eigenvalue weighted by atomic mass is 16.5. The third-order valence-corrected chi connectivity index (χ3v) is 6.68. The molecule has 2 aliphatic heterocycles. The van der Waals surface area contributed by atoms with Gasteiger partial charge in [0.2, 0.25) is 0 Å². The van der Waals surface area contributed by atoms with Gasteiger partial charge in [-0.05, 0) is 69.1 Å². The van der Waals surface area contributed by atoms with Crippen LogP contribution in [0.2, 0.25) is 0 Å². The average Bonchev–Trinajstić information content (AvgIpc) is 3.17. The Morgan fingerprint density at radius 1 is 1.13 bits per heavy atom. The van der Waals surface area contributed by atoms with Crippen LogP contribution in [0.25, 0.3) is 11.1 Å². The number of fused-ring (bicyclic) bond motifs is 3. The lowest BCUT2D eigenvalue weighted by Crippen LogP contribution is -2.55. The van der Waals surface area contributed by atoms with Gasteiger partial charge in [-0.3, -0.25) is 4.79 Å². The quantitative estimate of drug-likeness (QED) is 0.640. The van der Waals surface area contributed by atoms with Gasteiger partial charge in [-0.1, -0.05) is 12.5 Å². The predicted molar refractivity (Wildman–Crippen MR) is 120 cm³/mol. The fourth-order valence-electron chi connectivity index (χ4n) is 4.98. The van der Waals surface area contributed by atoms with Crippen LogP contribution in [-0.4, -0.2) is 48.1 Å². The standard InChI is InChI=1S/C24H28N4O3/c1-28-17-5-3-6-18(28)14-16(13-17)25-23(29)20-7-4-8-21-22(20)27-24(31-21)26-15-9-11-19(30-2)12-10-15/h4,7-12,16-18H,3,5-6,13-14H2,1-2H3,(H,25,29)(H,26,27). The largest absolute Gasteiger partial charge is 0.497 e. The van der Waals surface area contributed by atoms with E-state index < -0.39 is 0 Å². The van der Waals surface area contributed by atoms with Crippen LogP contribution in [0.5, 0.6) is 5.75 Å². The number of rotatable bonds is 5. The number of ether oxygens (including phenoxy) is 1. The Hall–Kier alpha value is -3.06. The van der Waals surface area contributed by atoms with Crippen LogP contribution in [0.15, 0.2) is 46.9 Å². The fourth-order valence-corrected chi connectivity index (χ4v) is 4.98. The predicted octanol–water partition coefficient (Wildman–Crippen LogP) is 4.33. The Bertz CT molecular complexity index is 1060. The first-order valence-electron chi connectivity index (χ1n) is 10.9. The molecule has 2 atom stereocenters. The lowest BCUT2D eigenvalue weighted by molar-refractivity contribution is 0.0463. The zero-order valence-electron chi connectivity index (χ0n) is 17.9. The molecule has 0 saturated carbocycles. The molecule has 2 unspecified atom stereocenters. The normalized spacial score (nSPS) is 23.5. The molecule has 162 valence electrons. The molecule has 2 bridgehead atoms. The summed E-state index contributed by atoms with van der Waals surface area (Å²) < 4.78 is 11.0. The SMILES string of the molecule is COc1ccc(Nc2nc3c(C(=O)NC4CC5CCCC(C4)N5C)cccc3o2)cc1.